The van der Waals surface area contributed by atoms with Gasteiger partial charge >= 0.3 is 0 Å². The van der Waals surface area contributed by atoms with E-state index in [0.717, 1.165) is 0 Å². The van der Waals surface area contributed by atoms with Gasteiger partial charge in [0, 0.05) is 11.1 Å². The van der Waals surface area contributed by atoms with Crippen LogP contribution in [0.25, 0.3) is 10.4 Å². The monoisotopic (exact) mass is 209 g/mol. The summed E-state index contributed by atoms with van der Waals surface area (Å²) in [6.45, 7) is 1.37. The predicted molar refractivity (Wildman–Crippen MR) is 52.6 cm³/mol. The molecule has 14 heavy (non-hydrogen) atoms. The maximum atomic E-state index is 11.1. The van der Waals surface area contributed by atoms with E-state index in [1.807, 2.05) is 0 Å². The summed E-state index contributed by atoms with van der Waals surface area (Å²) in [5.41, 5.74) is 8.51. The van der Waals surface area contributed by atoms with Gasteiger partial charge in [0.05, 0.1) is 5.56 Å². The molecule has 0 aromatic carbocycles. The smallest absolute Gasteiger partial charge is 0.187 e. The van der Waals surface area contributed by atoms with Gasteiger partial charge in [0.2, 0.25) is 0 Å². The maximum Gasteiger partial charge on any atom is 0.187 e. The molecule has 0 saturated heterocycles. The van der Waals surface area contributed by atoms with E-state index in [2.05, 4.69) is 20.0 Å². The largest absolute Gasteiger partial charge is 0.294 e. The average Bonchev–Trinajstić information content (AvgIpc) is 2.17. The van der Waals surface area contributed by atoms with Gasteiger partial charge in [0.25, 0.3) is 0 Å². The summed E-state index contributed by atoms with van der Waals surface area (Å²) in [6.07, 6.45) is 3.16. The first kappa shape index (κ1) is 10.5. The number of thioether (sulfide) groups is 1. The highest BCUT2D eigenvalue weighted by molar-refractivity contribution is 7.98. The first-order valence-corrected chi connectivity index (χ1v) is 4.88. The molecule has 0 saturated carbocycles. The first-order valence-electron chi connectivity index (χ1n) is 3.66. The van der Waals surface area contributed by atoms with Crippen LogP contribution in [0, 0.1) is 0 Å². The number of rotatable bonds is 3. The molecule has 0 unspecified atom stereocenters. The molecule has 72 valence electrons. The van der Waals surface area contributed by atoms with Crippen LogP contribution < -0.4 is 0 Å². The Morgan fingerprint density at radius 1 is 1.71 bits per heavy atom. The number of hydrogen-bond donors (Lipinski definition) is 0. The Labute approximate surface area is 84.4 Å². The Hall–Kier alpha value is -1.59. The fourth-order valence-corrected chi connectivity index (χ4v) is 1.16. The molecular weight excluding hydrogens is 202 g/mol. The summed E-state index contributed by atoms with van der Waals surface area (Å²) >= 11 is 1.31. The summed E-state index contributed by atoms with van der Waals surface area (Å²) in [7, 11) is 0. The van der Waals surface area contributed by atoms with Crippen molar-refractivity contribution >= 4 is 23.4 Å². The molecule has 0 aliphatic carbocycles. The molecule has 6 nitrogen and oxygen atoms in total. The summed E-state index contributed by atoms with van der Waals surface area (Å²) in [5, 5.41) is 3.80. The molecule has 1 rings (SSSR count). The van der Waals surface area contributed by atoms with Gasteiger partial charge in [-0.3, -0.25) is 4.79 Å². The number of nitrogens with zero attached hydrogens (tertiary/aromatic N) is 5. The van der Waals surface area contributed by atoms with Gasteiger partial charge in [0.15, 0.2) is 10.9 Å². The molecule has 1 heterocycles. The van der Waals surface area contributed by atoms with Gasteiger partial charge in [-0.25, -0.2) is 9.97 Å². The van der Waals surface area contributed by atoms with Crippen LogP contribution in [0.2, 0.25) is 0 Å². The number of carbonyl (C=O) groups is 1. The van der Waals surface area contributed by atoms with Crippen LogP contribution >= 0.6 is 11.8 Å². The lowest BCUT2D eigenvalue weighted by Gasteiger charge is -2.00. The van der Waals surface area contributed by atoms with E-state index in [9.17, 15) is 4.79 Å². The second kappa shape index (κ2) is 4.59. The summed E-state index contributed by atoms with van der Waals surface area (Å²) in [4.78, 5) is 21.5. The molecule has 0 atom stereocenters. The summed E-state index contributed by atoms with van der Waals surface area (Å²) in [5.74, 6) is -0.139. The van der Waals surface area contributed by atoms with Crippen LogP contribution in [0.5, 0.6) is 0 Å². The van der Waals surface area contributed by atoms with Gasteiger partial charge in [-0.05, 0) is 23.8 Å². The zero-order valence-electron chi connectivity index (χ0n) is 7.63. The Morgan fingerprint density at radius 3 is 2.93 bits per heavy atom. The molecule has 0 aliphatic heterocycles. The van der Waals surface area contributed by atoms with Crippen LogP contribution in [0.3, 0.4) is 0 Å². The highest BCUT2D eigenvalue weighted by atomic mass is 32.2. The highest BCUT2D eigenvalue weighted by Crippen LogP contribution is 2.19. The Morgan fingerprint density at radius 2 is 2.43 bits per heavy atom. The molecule has 0 fully saturated rings. The number of azide groups is 1. The van der Waals surface area contributed by atoms with Crippen molar-refractivity contribution < 1.29 is 4.79 Å². The normalized spacial score (nSPS) is 9.29. The van der Waals surface area contributed by atoms with Gasteiger partial charge in [-0.2, -0.15) is 0 Å². The SMILES string of the molecule is CSc1ncc(C(C)=O)c(N=[N+]=[N-])n1. The number of aromatic nitrogens is 2. The van der Waals surface area contributed by atoms with E-state index in [1.165, 1.54) is 24.9 Å². The lowest BCUT2D eigenvalue weighted by Crippen LogP contribution is -1.97. The summed E-state index contributed by atoms with van der Waals surface area (Å²) in [6, 6.07) is 0. The molecule has 0 amide bonds. The van der Waals surface area contributed by atoms with Crippen molar-refractivity contribution in [3.05, 3.63) is 22.2 Å². The van der Waals surface area contributed by atoms with Crippen molar-refractivity contribution in [2.45, 2.75) is 12.1 Å². The van der Waals surface area contributed by atoms with E-state index < -0.39 is 0 Å². The Kier molecular flexibility index (Phi) is 3.44. The average molecular weight is 209 g/mol. The Bertz CT molecular complexity index is 413. The fraction of sp³-hybridized carbons (Fsp3) is 0.286. The van der Waals surface area contributed by atoms with E-state index in [0.29, 0.717) is 5.16 Å². The minimum atomic E-state index is -0.222. The molecule has 1 aromatic heterocycles. The van der Waals surface area contributed by atoms with E-state index in [4.69, 9.17) is 5.53 Å². The molecule has 0 aliphatic rings. The van der Waals surface area contributed by atoms with Crippen LogP contribution in [0.15, 0.2) is 16.5 Å². The minimum absolute atomic E-state index is 0.0827. The van der Waals surface area contributed by atoms with E-state index in [1.54, 1.807) is 6.26 Å². The third-order valence-corrected chi connectivity index (χ3v) is 2.01. The quantitative estimate of drug-likeness (QED) is 0.191. The lowest BCUT2D eigenvalue weighted by atomic mass is 10.2. The zero-order chi connectivity index (χ0) is 10.6. The molecular formula is C7H7N5OS. The molecule has 0 bridgehead atoms. The third kappa shape index (κ3) is 2.21. The van der Waals surface area contributed by atoms with Crippen LogP contribution in [-0.4, -0.2) is 22.0 Å². The highest BCUT2D eigenvalue weighted by Gasteiger charge is 2.08. The fourth-order valence-electron chi connectivity index (χ4n) is 0.822. The third-order valence-electron chi connectivity index (χ3n) is 1.45. The van der Waals surface area contributed by atoms with Gasteiger partial charge in [-0.15, -0.1) is 0 Å². The van der Waals surface area contributed by atoms with Crippen molar-refractivity contribution in [2.75, 3.05) is 6.26 Å². The van der Waals surface area contributed by atoms with Crippen LogP contribution in [0.1, 0.15) is 17.3 Å². The van der Waals surface area contributed by atoms with Crippen molar-refractivity contribution in [3.8, 4) is 0 Å². The second-order valence-electron chi connectivity index (χ2n) is 2.34. The van der Waals surface area contributed by atoms with E-state index in [-0.39, 0.29) is 17.2 Å². The van der Waals surface area contributed by atoms with Crippen LogP contribution in [0.4, 0.5) is 5.82 Å². The number of carbonyl (C=O) groups excluding carboxylic acids is 1. The standard InChI is InChI=1S/C7H7N5OS/c1-4(13)5-3-9-7(14-2)10-6(5)11-12-8/h3H,1-2H3. The van der Waals surface area contributed by atoms with Gasteiger partial charge in [0.1, 0.15) is 5.82 Å². The first-order chi connectivity index (χ1) is 6.69. The van der Waals surface area contributed by atoms with Crippen molar-refractivity contribution in [1.29, 1.82) is 0 Å². The van der Waals surface area contributed by atoms with Gasteiger partial charge in [-0.1, -0.05) is 11.8 Å². The number of ketones is 1. The van der Waals surface area contributed by atoms with Crippen molar-refractivity contribution in [3.63, 3.8) is 0 Å². The Balaban J connectivity index is 3.30. The predicted octanol–water partition coefficient (Wildman–Crippen LogP) is 2.34. The zero-order valence-corrected chi connectivity index (χ0v) is 8.45. The lowest BCUT2D eigenvalue weighted by molar-refractivity contribution is 0.101. The second-order valence-corrected chi connectivity index (χ2v) is 3.11. The number of Topliss-reactive ketones (excluding diaryl/α,β-unsaturated/α-hetero) is 1. The number of hydrogen-bond acceptors (Lipinski definition) is 5. The molecule has 7 heteroatoms. The minimum Gasteiger partial charge on any atom is -0.294 e. The maximum absolute atomic E-state index is 11.1. The van der Waals surface area contributed by atoms with Crippen LogP contribution in [-0.2, 0) is 0 Å². The molecule has 0 radical (unpaired) electrons. The van der Waals surface area contributed by atoms with Crippen molar-refractivity contribution in [2.24, 2.45) is 5.11 Å². The molecule has 0 spiro atoms. The van der Waals surface area contributed by atoms with E-state index >= 15 is 0 Å². The topological polar surface area (TPSA) is 91.6 Å². The van der Waals surface area contributed by atoms with Gasteiger partial charge < -0.3 is 0 Å². The molecule has 0 N–H and O–H groups in total. The molecule has 1 aromatic rings. The summed E-state index contributed by atoms with van der Waals surface area (Å²) < 4.78 is 0. The van der Waals surface area contributed by atoms with Crippen molar-refractivity contribution in [1.82, 2.24) is 9.97 Å².